The maximum Gasteiger partial charge on any atom is 0.328 e. The van der Waals surface area contributed by atoms with Gasteiger partial charge in [0.05, 0.1) is 19.4 Å². The van der Waals surface area contributed by atoms with Gasteiger partial charge in [-0.05, 0) is 44.1 Å². The Morgan fingerprint density at radius 2 is 2.30 bits per heavy atom. The third-order valence-electron chi connectivity index (χ3n) is 5.52. The van der Waals surface area contributed by atoms with Crippen LogP contribution in [0, 0.1) is 11.3 Å². The summed E-state index contributed by atoms with van der Waals surface area (Å²) in [5, 5.41) is 12.1. The van der Waals surface area contributed by atoms with Gasteiger partial charge in [-0.25, -0.2) is 14.8 Å². The van der Waals surface area contributed by atoms with Crippen LogP contribution >= 0.6 is 0 Å². The van der Waals surface area contributed by atoms with Crippen molar-refractivity contribution in [3.63, 3.8) is 0 Å². The first-order valence-electron chi connectivity index (χ1n) is 10.8. The van der Waals surface area contributed by atoms with Gasteiger partial charge in [0, 0.05) is 25.6 Å². The first-order valence-corrected chi connectivity index (χ1v) is 10.8. The monoisotopic (exact) mass is 450 g/mol. The van der Waals surface area contributed by atoms with Crippen molar-refractivity contribution in [1.82, 2.24) is 14.9 Å². The minimum absolute atomic E-state index is 0.139. The largest absolute Gasteiger partial charge is 0.486 e. The Bertz CT molecular complexity index is 1090. The second kappa shape index (κ2) is 9.94. The van der Waals surface area contributed by atoms with Crippen LogP contribution in [-0.4, -0.2) is 67.1 Å². The number of ether oxygens (including phenoxy) is 2. The predicted molar refractivity (Wildman–Crippen MR) is 121 cm³/mol. The number of aldehydes is 1. The fourth-order valence-electron chi connectivity index (χ4n) is 3.97. The molecule has 2 aliphatic heterocycles. The number of amides is 2. The molecule has 2 aromatic heterocycles. The van der Waals surface area contributed by atoms with Crippen LogP contribution in [0.4, 0.5) is 16.4 Å². The second-order valence-corrected chi connectivity index (χ2v) is 8.34. The lowest BCUT2D eigenvalue weighted by molar-refractivity contribution is 0.111. The molecule has 0 aromatic carbocycles. The highest BCUT2D eigenvalue weighted by Gasteiger charge is 2.27. The third kappa shape index (κ3) is 5.10. The molecule has 1 N–H and O–H groups in total. The number of pyridine rings is 2. The molecule has 10 heteroatoms. The summed E-state index contributed by atoms with van der Waals surface area (Å²) in [6.07, 6.45) is 4.26. The number of fused-ring (bicyclic) bond motifs is 1. The topological polar surface area (TPSA) is 121 Å². The van der Waals surface area contributed by atoms with E-state index < -0.39 is 6.03 Å². The van der Waals surface area contributed by atoms with E-state index in [9.17, 15) is 14.9 Å². The van der Waals surface area contributed by atoms with Gasteiger partial charge < -0.3 is 14.4 Å². The normalized spacial score (nSPS) is 17.4. The van der Waals surface area contributed by atoms with E-state index in [0.29, 0.717) is 43.6 Å². The van der Waals surface area contributed by atoms with E-state index in [1.807, 2.05) is 25.1 Å². The van der Waals surface area contributed by atoms with Crippen molar-refractivity contribution in [1.29, 1.82) is 5.26 Å². The van der Waals surface area contributed by atoms with Crippen molar-refractivity contribution in [2.24, 2.45) is 0 Å². The summed E-state index contributed by atoms with van der Waals surface area (Å²) in [4.78, 5) is 36.9. The van der Waals surface area contributed by atoms with Gasteiger partial charge in [-0.15, -0.1) is 0 Å². The molecule has 2 amide bonds. The van der Waals surface area contributed by atoms with Gasteiger partial charge in [0.1, 0.15) is 40.8 Å². The van der Waals surface area contributed by atoms with Crippen molar-refractivity contribution in [2.75, 3.05) is 44.1 Å². The fraction of sp³-hybridized carbons (Fsp3) is 0.435. The number of nitriles is 1. The third-order valence-corrected chi connectivity index (χ3v) is 5.52. The molecule has 1 fully saturated rings. The molecule has 1 saturated heterocycles. The first kappa shape index (κ1) is 22.6. The Kier molecular flexibility index (Phi) is 6.82. The lowest BCUT2D eigenvalue weighted by Gasteiger charge is -2.29. The molecule has 2 aromatic rings. The average Bonchev–Trinajstić information content (AvgIpc) is 3.31. The predicted octanol–water partition coefficient (Wildman–Crippen LogP) is 2.37. The molecule has 2 aliphatic rings. The van der Waals surface area contributed by atoms with Gasteiger partial charge >= 0.3 is 6.03 Å². The number of hydrogen-bond acceptors (Lipinski definition) is 8. The van der Waals surface area contributed by atoms with Gasteiger partial charge in [0.25, 0.3) is 0 Å². The Labute approximate surface area is 192 Å². The molecule has 0 spiro atoms. The lowest BCUT2D eigenvalue weighted by atomic mass is 10.0. The maximum atomic E-state index is 13.1. The molecule has 0 aliphatic carbocycles. The number of rotatable bonds is 6. The number of carbonyl (C=O) groups is 2. The summed E-state index contributed by atoms with van der Waals surface area (Å²) in [5.74, 6) is 1.10. The SMILES string of the molecule is CN(C)Cc1cc2c(nc1C=O)N(C(=O)Nc1cc(OC3CCOC3)c(C#N)cn1)CCC2. The summed E-state index contributed by atoms with van der Waals surface area (Å²) >= 11 is 0. The van der Waals surface area contributed by atoms with Crippen LogP contribution in [0.25, 0.3) is 0 Å². The summed E-state index contributed by atoms with van der Waals surface area (Å²) in [7, 11) is 3.85. The molecule has 4 rings (SSSR count). The number of anilines is 2. The summed E-state index contributed by atoms with van der Waals surface area (Å²) < 4.78 is 11.2. The number of aryl methyl sites for hydroxylation is 1. The number of nitrogens with one attached hydrogen (secondary N) is 1. The molecular formula is C23H26N6O4. The summed E-state index contributed by atoms with van der Waals surface area (Å²) in [6.45, 7) is 2.13. The lowest BCUT2D eigenvalue weighted by Crippen LogP contribution is -2.40. The van der Waals surface area contributed by atoms with Crippen molar-refractivity contribution in [3.05, 3.63) is 40.7 Å². The Balaban J connectivity index is 1.56. The zero-order chi connectivity index (χ0) is 23.4. The van der Waals surface area contributed by atoms with Crippen LogP contribution in [0.5, 0.6) is 5.75 Å². The van der Waals surface area contributed by atoms with Gasteiger partial charge in [0.2, 0.25) is 0 Å². The average molecular weight is 450 g/mol. The maximum absolute atomic E-state index is 13.1. The van der Waals surface area contributed by atoms with E-state index in [1.54, 1.807) is 6.07 Å². The van der Waals surface area contributed by atoms with Gasteiger partial charge in [0.15, 0.2) is 6.29 Å². The van der Waals surface area contributed by atoms with Crippen molar-refractivity contribution in [3.8, 4) is 11.8 Å². The molecule has 10 nitrogen and oxygen atoms in total. The minimum atomic E-state index is -0.409. The molecule has 33 heavy (non-hydrogen) atoms. The number of urea groups is 1. The summed E-state index contributed by atoms with van der Waals surface area (Å²) in [6, 6.07) is 5.16. The van der Waals surface area contributed by atoms with Crippen LogP contribution in [0.3, 0.4) is 0 Å². The molecule has 0 bridgehead atoms. The van der Waals surface area contributed by atoms with Crippen LogP contribution in [0.15, 0.2) is 18.3 Å². The van der Waals surface area contributed by atoms with Crippen molar-refractivity contribution < 1.29 is 19.1 Å². The Morgan fingerprint density at radius 3 is 3.00 bits per heavy atom. The number of aromatic nitrogens is 2. The van der Waals surface area contributed by atoms with Crippen LogP contribution in [0.1, 0.15) is 40.0 Å². The molecule has 1 unspecified atom stereocenters. The fourth-order valence-corrected chi connectivity index (χ4v) is 3.97. The highest BCUT2D eigenvalue weighted by atomic mass is 16.5. The molecular weight excluding hydrogens is 424 g/mol. The van der Waals surface area contributed by atoms with Crippen LogP contribution in [-0.2, 0) is 17.7 Å². The molecule has 172 valence electrons. The molecule has 0 radical (unpaired) electrons. The quantitative estimate of drug-likeness (QED) is 0.666. The van der Waals surface area contributed by atoms with Crippen molar-refractivity contribution in [2.45, 2.75) is 31.9 Å². The van der Waals surface area contributed by atoms with E-state index in [0.717, 1.165) is 36.7 Å². The smallest absolute Gasteiger partial charge is 0.328 e. The number of hydrogen-bond donors (Lipinski definition) is 1. The Hall–Kier alpha value is -3.55. The van der Waals surface area contributed by atoms with Gasteiger partial charge in [-0.2, -0.15) is 5.26 Å². The zero-order valence-electron chi connectivity index (χ0n) is 18.7. The Morgan fingerprint density at radius 1 is 1.45 bits per heavy atom. The molecule has 0 saturated carbocycles. The van der Waals surface area contributed by atoms with E-state index in [-0.39, 0.29) is 17.5 Å². The number of nitrogens with zero attached hydrogens (tertiary/aromatic N) is 5. The van der Waals surface area contributed by atoms with Crippen LogP contribution in [0.2, 0.25) is 0 Å². The minimum Gasteiger partial charge on any atom is -0.486 e. The van der Waals surface area contributed by atoms with E-state index in [2.05, 4.69) is 21.4 Å². The second-order valence-electron chi connectivity index (χ2n) is 8.34. The van der Waals surface area contributed by atoms with Crippen LogP contribution < -0.4 is 15.0 Å². The van der Waals surface area contributed by atoms with E-state index in [1.165, 1.54) is 11.1 Å². The molecule has 4 heterocycles. The van der Waals surface area contributed by atoms with Gasteiger partial charge in [-0.1, -0.05) is 0 Å². The van der Waals surface area contributed by atoms with E-state index >= 15 is 0 Å². The zero-order valence-corrected chi connectivity index (χ0v) is 18.7. The van der Waals surface area contributed by atoms with Crippen molar-refractivity contribution >= 4 is 24.0 Å². The molecule has 1 atom stereocenters. The van der Waals surface area contributed by atoms with Gasteiger partial charge in [-0.3, -0.25) is 15.0 Å². The highest BCUT2D eigenvalue weighted by molar-refractivity contribution is 6.01. The highest BCUT2D eigenvalue weighted by Crippen LogP contribution is 2.29. The standard InChI is InChI=1S/C23H26N6O4/c1-28(2)12-16-8-15-4-3-6-29(22(15)26-19(16)13-30)23(31)27-21-9-20(17(10-24)11-25-21)33-18-5-7-32-14-18/h8-9,11,13,18H,3-7,12,14H2,1-2H3,(H,25,27,31). The van der Waals surface area contributed by atoms with E-state index in [4.69, 9.17) is 9.47 Å². The number of carbonyl (C=O) groups excluding carboxylic acids is 2. The summed E-state index contributed by atoms with van der Waals surface area (Å²) in [5.41, 5.74) is 2.38. The first-order chi connectivity index (χ1) is 16.0.